The predicted octanol–water partition coefficient (Wildman–Crippen LogP) is 1.67. The highest BCUT2D eigenvalue weighted by atomic mass is 16.5. The van der Waals surface area contributed by atoms with E-state index in [1.807, 2.05) is 25.1 Å². The molecule has 2 atom stereocenters. The van der Waals surface area contributed by atoms with E-state index in [1.165, 1.54) is 0 Å². The lowest BCUT2D eigenvalue weighted by molar-refractivity contribution is -0.121. The molecule has 2 rings (SSSR count). The second kappa shape index (κ2) is 10.3. The number of nitrogens with zero attached hydrogens (tertiary/aromatic N) is 1. The molecule has 1 aromatic rings. The van der Waals surface area contributed by atoms with E-state index in [0.29, 0.717) is 24.1 Å². The van der Waals surface area contributed by atoms with Crippen molar-refractivity contribution in [2.24, 2.45) is 5.92 Å². The smallest absolute Gasteiger partial charge is 0.251 e. The van der Waals surface area contributed by atoms with Gasteiger partial charge in [0.15, 0.2) is 0 Å². The zero-order valence-electron chi connectivity index (χ0n) is 16.0. The lowest BCUT2D eigenvalue weighted by Gasteiger charge is -2.37. The van der Waals surface area contributed by atoms with E-state index in [1.54, 1.807) is 12.1 Å². The highest BCUT2D eigenvalue weighted by Crippen LogP contribution is 2.12. The number of nitrogens with one attached hydrogen (secondary N) is 2. The number of carbonyl (C=O) groups excluding carboxylic acids is 2. The molecule has 1 saturated heterocycles. The number of amides is 2. The maximum absolute atomic E-state index is 12.3. The van der Waals surface area contributed by atoms with Crippen molar-refractivity contribution in [3.05, 3.63) is 35.9 Å². The summed E-state index contributed by atoms with van der Waals surface area (Å²) in [7, 11) is 0. The van der Waals surface area contributed by atoms with Crippen molar-refractivity contribution in [3.8, 4) is 0 Å². The fourth-order valence-electron chi connectivity index (χ4n) is 3.21. The highest BCUT2D eigenvalue weighted by molar-refractivity contribution is 5.94. The second-order valence-electron chi connectivity index (χ2n) is 7.21. The summed E-state index contributed by atoms with van der Waals surface area (Å²) in [5.41, 5.74) is 0.604. The average molecular weight is 361 g/mol. The van der Waals surface area contributed by atoms with Gasteiger partial charge in [-0.1, -0.05) is 32.0 Å². The lowest BCUT2D eigenvalue weighted by Crippen LogP contribution is -2.51. The molecule has 1 aliphatic rings. The van der Waals surface area contributed by atoms with Gasteiger partial charge in [0, 0.05) is 43.7 Å². The maximum Gasteiger partial charge on any atom is 0.251 e. The van der Waals surface area contributed by atoms with Crippen molar-refractivity contribution >= 4 is 11.8 Å². The summed E-state index contributed by atoms with van der Waals surface area (Å²) in [4.78, 5) is 26.8. The van der Waals surface area contributed by atoms with Gasteiger partial charge in [-0.2, -0.15) is 0 Å². The summed E-state index contributed by atoms with van der Waals surface area (Å²) < 4.78 is 5.41. The van der Waals surface area contributed by atoms with E-state index < -0.39 is 0 Å². The van der Waals surface area contributed by atoms with Crippen LogP contribution >= 0.6 is 0 Å². The molecule has 0 aliphatic carbocycles. The normalized spacial score (nSPS) is 17.5. The van der Waals surface area contributed by atoms with E-state index in [2.05, 4.69) is 29.4 Å². The van der Waals surface area contributed by atoms with E-state index in [-0.39, 0.29) is 24.3 Å². The third kappa shape index (κ3) is 6.42. The van der Waals surface area contributed by atoms with Crippen LogP contribution in [0.2, 0.25) is 0 Å². The second-order valence-corrected chi connectivity index (χ2v) is 7.21. The number of hydrogen-bond acceptors (Lipinski definition) is 4. The number of carbonyl (C=O) groups is 2. The Morgan fingerprint density at radius 2 is 1.77 bits per heavy atom. The van der Waals surface area contributed by atoms with Crippen LogP contribution in [0.3, 0.4) is 0 Å². The van der Waals surface area contributed by atoms with Gasteiger partial charge in [-0.15, -0.1) is 0 Å². The molecule has 0 bridgehead atoms. The first-order valence-corrected chi connectivity index (χ1v) is 9.41. The lowest BCUT2D eigenvalue weighted by atomic mass is 10.0. The molecule has 6 nitrogen and oxygen atoms in total. The first-order chi connectivity index (χ1) is 12.5. The van der Waals surface area contributed by atoms with Crippen molar-refractivity contribution in [3.63, 3.8) is 0 Å². The third-order valence-electron chi connectivity index (χ3n) is 4.70. The topological polar surface area (TPSA) is 70.7 Å². The summed E-state index contributed by atoms with van der Waals surface area (Å²) >= 11 is 0. The van der Waals surface area contributed by atoms with E-state index in [9.17, 15) is 9.59 Å². The Hall–Kier alpha value is -1.92. The van der Waals surface area contributed by atoms with E-state index >= 15 is 0 Å². The fraction of sp³-hybridized carbons (Fsp3) is 0.600. The van der Waals surface area contributed by atoms with Crippen molar-refractivity contribution in [2.75, 3.05) is 32.8 Å². The monoisotopic (exact) mass is 361 g/mol. The van der Waals surface area contributed by atoms with Crippen molar-refractivity contribution in [1.82, 2.24) is 15.5 Å². The zero-order valence-corrected chi connectivity index (χ0v) is 16.0. The molecule has 1 aromatic carbocycles. The van der Waals surface area contributed by atoms with Crippen molar-refractivity contribution in [2.45, 2.75) is 39.3 Å². The minimum Gasteiger partial charge on any atom is -0.379 e. The summed E-state index contributed by atoms with van der Waals surface area (Å²) in [6.07, 6.45) is 0.270. The van der Waals surface area contributed by atoms with Gasteiger partial charge in [-0.3, -0.25) is 14.5 Å². The molecule has 1 aliphatic heterocycles. The van der Waals surface area contributed by atoms with Crippen LogP contribution in [-0.2, 0) is 9.53 Å². The number of morpholine rings is 1. The largest absolute Gasteiger partial charge is 0.379 e. The number of ether oxygens (including phenoxy) is 1. The van der Waals surface area contributed by atoms with Gasteiger partial charge in [-0.25, -0.2) is 0 Å². The number of hydrogen-bond donors (Lipinski definition) is 2. The molecule has 2 amide bonds. The third-order valence-corrected chi connectivity index (χ3v) is 4.70. The Kier molecular flexibility index (Phi) is 8.06. The Bertz CT molecular complexity index is 571. The van der Waals surface area contributed by atoms with Crippen LogP contribution in [0.1, 0.15) is 37.6 Å². The van der Waals surface area contributed by atoms with Gasteiger partial charge in [-0.05, 0) is 25.0 Å². The van der Waals surface area contributed by atoms with Crippen LogP contribution in [0.25, 0.3) is 0 Å². The Labute approximate surface area is 156 Å². The van der Waals surface area contributed by atoms with Crippen LogP contribution in [0, 0.1) is 5.92 Å². The molecule has 6 heteroatoms. The Morgan fingerprint density at radius 3 is 2.38 bits per heavy atom. The van der Waals surface area contributed by atoms with Gasteiger partial charge in [0.2, 0.25) is 5.91 Å². The molecular weight excluding hydrogens is 330 g/mol. The van der Waals surface area contributed by atoms with Crippen LogP contribution in [0.15, 0.2) is 30.3 Å². The van der Waals surface area contributed by atoms with Gasteiger partial charge in [0.05, 0.1) is 13.2 Å². The number of rotatable bonds is 8. The molecule has 1 fully saturated rings. The molecule has 1 heterocycles. The molecule has 0 radical (unpaired) electrons. The van der Waals surface area contributed by atoms with Crippen LogP contribution in [0.4, 0.5) is 0 Å². The molecule has 26 heavy (non-hydrogen) atoms. The first kappa shape index (κ1) is 20.4. The van der Waals surface area contributed by atoms with Gasteiger partial charge in [0.25, 0.3) is 5.91 Å². The molecule has 0 saturated carbocycles. The van der Waals surface area contributed by atoms with Gasteiger partial charge in [0.1, 0.15) is 0 Å². The summed E-state index contributed by atoms with van der Waals surface area (Å²) in [6.45, 7) is 10.1. The van der Waals surface area contributed by atoms with E-state index in [0.717, 1.165) is 26.3 Å². The summed E-state index contributed by atoms with van der Waals surface area (Å²) in [5.74, 6) is 0.257. The SMILES string of the molecule is CC(CC(=O)NCC(C(C)C)N1CCOCC1)NC(=O)c1ccccc1. The molecule has 0 spiro atoms. The molecular formula is C20H31N3O3. The number of benzene rings is 1. The van der Waals surface area contributed by atoms with Crippen LogP contribution in [-0.4, -0.2) is 61.6 Å². The highest BCUT2D eigenvalue weighted by Gasteiger charge is 2.24. The molecule has 2 unspecified atom stereocenters. The summed E-state index contributed by atoms with van der Waals surface area (Å²) in [6, 6.07) is 9.12. The maximum atomic E-state index is 12.3. The van der Waals surface area contributed by atoms with Crippen LogP contribution in [0.5, 0.6) is 0 Å². The molecule has 144 valence electrons. The van der Waals surface area contributed by atoms with Crippen molar-refractivity contribution < 1.29 is 14.3 Å². The van der Waals surface area contributed by atoms with Crippen molar-refractivity contribution in [1.29, 1.82) is 0 Å². The minimum absolute atomic E-state index is 0.0372. The molecule has 2 N–H and O–H groups in total. The fourth-order valence-corrected chi connectivity index (χ4v) is 3.21. The predicted molar refractivity (Wildman–Crippen MR) is 102 cm³/mol. The summed E-state index contributed by atoms with van der Waals surface area (Å²) in [5, 5.41) is 5.91. The zero-order chi connectivity index (χ0) is 18.9. The van der Waals surface area contributed by atoms with Gasteiger partial charge >= 0.3 is 0 Å². The minimum atomic E-state index is -0.219. The quantitative estimate of drug-likeness (QED) is 0.739. The first-order valence-electron chi connectivity index (χ1n) is 9.41. The standard InChI is InChI=1S/C20H31N3O3/c1-15(2)18(23-9-11-26-12-10-23)14-21-19(24)13-16(3)22-20(25)17-7-5-4-6-8-17/h4-8,15-16,18H,9-14H2,1-3H3,(H,21,24)(H,22,25). The van der Waals surface area contributed by atoms with E-state index in [4.69, 9.17) is 4.74 Å². The van der Waals surface area contributed by atoms with Crippen LogP contribution < -0.4 is 10.6 Å². The van der Waals surface area contributed by atoms with Gasteiger partial charge < -0.3 is 15.4 Å². The average Bonchev–Trinajstić information content (AvgIpc) is 2.63. The Balaban J connectivity index is 1.76. The molecule has 0 aromatic heterocycles. The Morgan fingerprint density at radius 1 is 1.12 bits per heavy atom.